The Labute approximate surface area is 128 Å². The Hall–Kier alpha value is -1.69. The van der Waals surface area contributed by atoms with Gasteiger partial charge in [0.05, 0.1) is 18.1 Å². The van der Waals surface area contributed by atoms with Gasteiger partial charge in [-0.2, -0.15) is 0 Å². The van der Waals surface area contributed by atoms with Crippen LogP contribution < -0.4 is 10.2 Å². The van der Waals surface area contributed by atoms with Crippen LogP contribution in [0, 0.1) is 0 Å². The van der Waals surface area contributed by atoms with Gasteiger partial charge in [0.25, 0.3) is 5.91 Å². The predicted molar refractivity (Wildman–Crippen MR) is 83.9 cm³/mol. The minimum atomic E-state index is -0.0449. The smallest absolute Gasteiger partial charge is 0.265 e. The number of carbonyl (C=O) groups excluding carboxylic acids is 1. The average Bonchev–Trinajstić information content (AvgIpc) is 3.05. The van der Waals surface area contributed by atoms with Crippen LogP contribution in [0.4, 0.5) is 5.69 Å². The second-order valence-corrected chi connectivity index (χ2v) is 6.12. The summed E-state index contributed by atoms with van der Waals surface area (Å²) in [4.78, 5) is 14.2. The molecule has 1 aromatic heterocycles. The van der Waals surface area contributed by atoms with E-state index < -0.39 is 0 Å². The first-order valence-electron chi connectivity index (χ1n) is 7.16. The molecule has 4 nitrogen and oxygen atoms in total. The van der Waals surface area contributed by atoms with Gasteiger partial charge in [0, 0.05) is 11.3 Å². The van der Waals surface area contributed by atoms with Crippen LogP contribution in [-0.4, -0.2) is 32.2 Å². The highest BCUT2D eigenvalue weighted by Crippen LogP contribution is 2.14. The summed E-state index contributed by atoms with van der Waals surface area (Å²) in [7, 11) is 0. The van der Waals surface area contributed by atoms with E-state index in [1.165, 1.54) is 16.9 Å². The highest BCUT2D eigenvalue weighted by molar-refractivity contribution is 7.12. The molecule has 0 radical (unpaired) electrons. The molecule has 1 aromatic carbocycles. The summed E-state index contributed by atoms with van der Waals surface area (Å²) in [5, 5.41) is 4.83. The predicted octanol–water partition coefficient (Wildman–Crippen LogP) is 1.42. The van der Waals surface area contributed by atoms with Crippen molar-refractivity contribution >= 4 is 22.9 Å². The molecule has 0 aliphatic carbocycles. The quantitative estimate of drug-likeness (QED) is 0.897. The number of anilines is 1. The van der Waals surface area contributed by atoms with Gasteiger partial charge in [-0.25, -0.2) is 0 Å². The van der Waals surface area contributed by atoms with Crippen molar-refractivity contribution in [1.82, 2.24) is 0 Å². The number of hydrogen-bond donors (Lipinski definition) is 2. The first-order valence-corrected chi connectivity index (χ1v) is 8.04. The third kappa shape index (κ3) is 3.91. The van der Waals surface area contributed by atoms with E-state index in [0.717, 1.165) is 43.4 Å². The molecule has 0 spiro atoms. The van der Waals surface area contributed by atoms with Gasteiger partial charge in [0.15, 0.2) is 0 Å². The van der Waals surface area contributed by atoms with Gasteiger partial charge < -0.3 is 15.0 Å². The Morgan fingerprint density at radius 1 is 1.19 bits per heavy atom. The lowest BCUT2D eigenvalue weighted by molar-refractivity contribution is -0.921. The van der Waals surface area contributed by atoms with Crippen LogP contribution in [0.15, 0.2) is 41.8 Å². The van der Waals surface area contributed by atoms with Crippen LogP contribution in [0.5, 0.6) is 0 Å². The third-order valence-corrected chi connectivity index (χ3v) is 4.48. The maximum absolute atomic E-state index is 12.0. The molecule has 5 heteroatoms. The van der Waals surface area contributed by atoms with E-state index in [2.05, 4.69) is 17.4 Å². The number of carbonyl (C=O) groups is 1. The van der Waals surface area contributed by atoms with Crippen molar-refractivity contribution in [2.45, 2.75) is 6.54 Å². The van der Waals surface area contributed by atoms with E-state index in [9.17, 15) is 4.79 Å². The first-order chi connectivity index (χ1) is 10.3. The molecular formula is C16H19N2O2S+. The number of rotatable bonds is 4. The molecular weight excluding hydrogens is 284 g/mol. The van der Waals surface area contributed by atoms with E-state index in [-0.39, 0.29) is 5.91 Å². The molecule has 2 heterocycles. The molecule has 2 N–H and O–H groups in total. The SMILES string of the molecule is O=C(Nc1ccc(C[NH+]2CCOCC2)cc1)c1cccs1. The summed E-state index contributed by atoms with van der Waals surface area (Å²) in [6.45, 7) is 4.85. The van der Waals surface area contributed by atoms with E-state index in [1.807, 2.05) is 29.6 Å². The summed E-state index contributed by atoms with van der Waals surface area (Å²) in [5.41, 5.74) is 2.13. The Morgan fingerprint density at radius 3 is 2.62 bits per heavy atom. The summed E-state index contributed by atoms with van der Waals surface area (Å²) >= 11 is 1.45. The van der Waals surface area contributed by atoms with Crippen LogP contribution in [0.1, 0.15) is 15.2 Å². The average molecular weight is 303 g/mol. The fourth-order valence-electron chi connectivity index (χ4n) is 2.43. The van der Waals surface area contributed by atoms with Gasteiger partial charge in [-0.3, -0.25) is 4.79 Å². The van der Waals surface area contributed by atoms with E-state index in [1.54, 1.807) is 4.90 Å². The number of hydrogen-bond acceptors (Lipinski definition) is 3. The summed E-state index contributed by atoms with van der Waals surface area (Å²) in [6, 6.07) is 11.8. The van der Waals surface area contributed by atoms with Crippen LogP contribution in [0.2, 0.25) is 0 Å². The number of quaternary nitrogens is 1. The molecule has 21 heavy (non-hydrogen) atoms. The largest absolute Gasteiger partial charge is 0.370 e. The number of morpholine rings is 1. The maximum atomic E-state index is 12.0. The molecule has 2 aromatic rings. The highest BCUT2D eigenvalue weighted by Gasteiger charge is 2.14. The lowest BCUT2D eigenvalue weighted by Gasteiger charge is -2.23. The molecule has 0 bridgehead atoms. The molecule has 1 saturated heterocycles. The van der Waals surface area contributed by atoms with Gasteiger partial charge >= 0.3 is 0 Å². The Morgan fingerprint density at radius 2 is 1.95 bits per heavy atom. The maximum Gasteiger partial charge on any atom is 0.265 e. The van der Waals surface area contributed by atoms with Crippen molar-refractivity contribution in [2.24, 2.45) is 0 Å². The van der Waals surface area contributed by atoms with Crippen molar-refractivity contribution in [3.63, 3.8) is 0 Å². The van der Waals surface area contributed by atoms with Crippen molar-refractivity contribution in [1.29, 1.82) is 0 Å². The van der Waals surface area contributed by atoms with Crippen LogP contribution in [0.3, 0.4) is 0 Å². The van der Waals surface area contributed by atoms with Crippen molar-refractivity contribution in [2.75, 3.05) is 31.6 Å². The molecule has 3 rings (SSSR count). The van der Waals surface area contributed by atoms with E-state index in [4.69, 9.17) is 4.74 Å². The second-order valence-electron chi connectivity index (χ2n) is 5.17. The second kappa shape index (κ2) is 6.85. The molecule has 0 unspecified atom stereocenters. The lowest BCUT2D eigenvalue weighted by Crippen LogP contribution is -3.12. The standard InChI is InChI=1S/C16H18N2O2S/c19-16(15-2-1-11-21-15)17-14-5-3-13(4-6-14)12-18-7-9-20-10-8-18/h1-6,11H,7-10,12H2,(H,17,19)/p+1. The Kier molecular flexibility index (Phi) is 4.65. The number of ether oxygens (including phenoxy) is 1. The fraction of sp³-hybridized carbons (Fsp3) is 0.312. The molecule has 1 fully saturated rings. The number of amides is 1. The molecule has 1 amide bonds. The van der Waals surface area contributed by atoms with Crippen LogP contribution in [-0.2, 0) is 11.3 Å². The molecule has 1 aliphatic heterocycles. The molecule has 110 valence electrons. The highest BCUT2D eigenvalue weighted by atomic mass is 32.1. The van der Waals surface area contributed by atoms with Crippen LogP contribution in [0.25, 0.3) is 0 Å². The fourth-order valence-corrected chi connectivity index (χ4v) is 3.05. The van der Waals surface area contributed by atoms with Crippen molar-refractivity contribution in [3.05, 3.63) is 52.2 Å². The zero-order chi connectivity index (χ0) is 14.5. The third-order valence-electron chi connectivity index (χ3n) is 3.61. The Bertz CT molecular complexity index is 575. The van der Waals surface area contributed by atoms with Gasteiger partial charge in [-0.15, -0.1) is 11.3 Å². The lowest BCUT2D eigenvalue weighted by atomic mass is 10.2. The van der Waals surface area contributed by atoms with Crippen molar-refractivity contribution < 1.29 is 14.4 Å². The minimum Gasteiger partial charge on any atom is -0.370 e. The topological polar surface area (TPSA) is 42.8 Å². The van der Waals surface area contributed by atoms with Crippen LogP contribution >= 0.6 is 11.3 Å². The van der Waals surface area contributed by atoms with E-state index in [0.29, 0.717) is 0 Å². The minimum absolute atomic E-state index is 0.0449. The van der Waals surface area contributed by atoms with Gasteiger partial charge in [0.2, 0.25) is 0 Å². The monoisotopic (exact) mass is 303 g/mol. The number of nitrogens with one attached hydrogen (secondary N) is 2. The zero-order valence-electron chi connectivity index (χ0n) is 11.8. The van der Waals surface area contributed by atoms with Crippen molar-refractivity contribution in [3.8, 4) is 0 Å². The van der Waals surface area contributed by atoms with Gasteiger partial charge in [-0.1, -0.05) is 18.2 Å². The number of thiophene rings is 1. The first kappa shape index (κ1) is 14.3. The summed E-state index contributed by atoms with van der Waals surface area (Å²) in [5.74, 6) is -0.0449. The normalized spacial score (nSPS) is 15.8. The van der Waals surface area contributed by atoms with Gasteiger partial charge in [-0.05, 0) is 23.6 Å². The zero-order valence-corrected chi connectivity index (χ0v) is 12.6. The molecule has 0 saturated carbocycles. The van der Waals surface area contributed by atoms with Gasteiger partial charge in [0.1, 0.15) is 19.6 Å². The molecule has 1 aliphatic rings. The van der Waals surface area contributed by atoms with E-state index >= 15 is 0 Å². The summed E-state index contributed by atoms with van der Waals surface area (Å²) < 4.78 is 5.37. The summed E-state index contributed by atoms with van der Waals surface area (Å²) in [6.07, 6.45) is 0. The molecule has 0 atom stereocenters. The number of benzene rings is 1. The Balaban J connectivity index is 1.57.